The lowest BCUT2D eigenvalue weighted by molar-refractivity contribution is -0.117. The van der Waals surface area contributed by atoms with Gasteiger partial charge in [-0.1, -0.05) is 29.8 Å². The second-order valence-electron chi connectivity index (χ2n) is 4.49. The number of nitrogens with two attached hydrogens (primary N) is 2. The maximum absolute atomic E-state index is 12.2. The maximum atomic E-state index is 12.2. The van der Waals surface area contributed by atoms with Crippen LogP contribution in [0.15, 0.2) is 42.5 Å². The molecule has 0 radical (unpaired) electrons. The summed E-state index contributed by atoms with van der Waals surface area (Å²) >= 11 is 5.89. The number of benzene rings is 2. The first kappa shape index (κ1) is 14.9. The van der Waals surface area contributed by atoms with Crippen molar-refractivity contribution in [2.45, 2.75) is 6.42 Å². The summed E-state index contributed by atoms with van der Waals surface area (Å²) in [5.41, 5.74) is 12.8. The van der Waals surface area contributed by atoms with E-state index in [9.17, 15) is 9.59 Å². The number of nitrogen functional groups attached to an aromatic ring is 1. The average Bonchev–Trinajstić information content (AvgIpc) is 2.43. The molecule has 0 aliphatic carbocycles. The predicted octanol–water partition coefficient (Wildman–Crippen LogP) is 2.20. The van der Waals surface area contributed by atoms with E-state index >= 15 is 0 Å². The molecule has 21 heavy (non-hydrogen) atoms. The number of rotatable bonds is 4. The molecule has 0 aromatic heterocycles. The number of anilines is 2. The Morgan fingerprint density at radius 1 is 1.14 bits per heavy atom. The van der Waals surface area contributed by atoms with E-state index < -0.39 is 5.91 Å². The molecule has 0 saturated carbocycles. The third kappa shape index (κ3) is 3.73. The van der Waals surface area contributed by atoms with E-state index in [1.807, 2.05) is 0 Å². The molecule has 2 aromatic rings. The van der Waals surface area contributed by atoms with Crippen LogP contribution in [-0.2, 0) is 11.2 Å². The number of halogens is 1. The third-order valence-electron chi connectivity index (χ3n) is 2.89. The van der Waals surface area contributed by atoms with E-state index in [1.165, 1.54) is 6.07 Å². The van der Waals surface area contributed by atoms with Crippen LogP contribution in [0.4, 0.5) is 11.4 Å². The summed E-state index contributed by atoms with van der Waals surface area (Å²) in [5.74, 6) is -0.805. The Balaban J connectivity index is 2.23. The number of amides is 2. The summed E-state index contributed by atoms with van der Waals surface area (Å²) in [4.78, 5) is 23.2. The SMILES string of the molecule is NC(=O)Cc1ccccc1NC(=O)c1ccc(N)c(Cl)c1. The molecule has 0 atom stereocenters. The summed E-state index contributed by atoms with van der Waals surface area (Å²) < 4.78 is 0. The Hall–Kier alpha value is -2.53. The number of hydrogen-bond donors (Lipinski definition) is 3. The van der Waals surface area contributed by atoms with Crippen LogP contribution in [0.5, 0.6) is 0 Å². The second kappa shape index (κ2) is 6.28. The van der Waals surface area contributed by atoms with E-state index in [1.54, 1.807) is 36.4 Å². The molecule has 0 unspecified atom stereocenters. The highest BCUT2D eigenvalue weighted by molar-refractivity contribution is 6.33. The normalized spacial score (nSPS) is 10.1. The molecule has 2 aromatic carbocycles. The summed E-state index contributed by atoms with van der Waals surface area (Å²) in [6.07, 6.45) is 0.0545. The topological polar surface area (TPSA) is 98.2 Å². The van der Waals surface area contributed by atoms with Crippen molar-refractivity contribution in [2.24, 2.45) is 5.73 Å². The van der Waals surface area contributed by atoms with Crippen molar-refractivity contribution in [3.63, 3.8) is 0 Å². The minimum atomic E-state index is -0.466. The molecule has 5 N–H and O–H groups in total. The largest absolute Gasteiger partial charge is 0.398 e. The zero-order valence-electron chi connectivity index (χ0n) is 11.1. The molecule has 0 heterocycles. The van der Waals surface area contributed by atoms with Gasteiger partial charge in [-0.2, -0.15) is 0 Å². The van der Waals surface area contributed by atoms with Gasteiger partial charge >= 0.3 is 0 Å². The van der Waals surface area contributed by atoms with Crippen LogP contribution < -0.4 is 16.8 Å². The molecular formula is C15H14ClN3O2. The van der Waals surface area contributed by atoms with Crippen molar-refractivity contribution in [3.8, 4) is 0 Å². The molecule has 0 fully saturated rings. The van der Waals surface area contributed by atoms with Crippen LogP contribution >= 0.6 is 11.6 Å². The average molecular weight is 304 g/mol. The molecule has 0 saturated heterocycles. The molecule has 0 spiro atoms. The van der Waals surface area contributed by atoms with Gasteiger partial charge in [0.1, 0.15) is 0 Å². The fraction of sp³-hybridized carbons (Fsp3) is 0.0667. The van der Waals surface area contributed by atoms with Crippen LogP contribution in [0.1, 0.15) is 15.9 Å². The third-order valence-corrected chi connectivity index (χ3v) is 3.22. The summed E-state index contributed by atoms with van der Waals surface area (Å²) in [5, 5.41) is 3.05. The van der Waals surface area contributed by atoms with Gasteiger partial charge in [0.2, 0.25) is 5.91 Å². The lowest BCUT2D eigenvalue weighted by atomic mass is 10.1. The standard InChI is InChI=1S/C15H14ClN3O2/c16-11-7-10(5-6-12(11)17)15(21)19-13-4-2-1-3-9(13)8-14(18)20/h1-7H,8,17H2,(H2,18,20)(H,19,21). The molecule has 0 aliphatic rings. The van der Waals surface area contributed by atoms with Gasteiger partial charge in [-0.25, -0.2) is 0 Å². The van der Waals surface area contributed by atoms with Gasteiger partial charge in [0, 0.05) is 11.3 Å². The fourth-order valence-electron chi connectivity index (χ4n) is 1.85. The quantitative estimate of drug-likeness (QED) is 0.755. The molecule has 6 heteroatoms. The number of para-hydroxylation sites is 1. The highest BCUT2D eigenvalue weighted by Gasteiger charge is 2.11. The summed E-state index contributed by atoms with van der Waals surface area (Å²) in [7, 11) is 0. The van der Waals surface area contributed by atoms with Crippen LogP contribution in [0.2, 0.25) is 5.02 Å². The van der Waals surface area contributed by atoms with Gasteiger partial charge in [0.05, 0.1) is 17.1 Å². The molecule has 0 bridgehead atoms. The lowest BCUT2D eigenvalue weighted by Gasteiger charge is -2.10. The Morgan fingerprint density at radius 3 is 2.52 bits per heavy atom. The molecule has 0 aliphatic heterocycles. The first-order valence-electron chi connectivity index (χ1n) is 6.20. The van der Waals surface area contributed by atoms with Crippen LogP contribution in [-0.4, -0.2) is 11.8 Å². The Labute approximate surface area is 126 Å². The van der Waals surface area contributed by atoms with E-state index in [2.05, 4.69) is 5.32 Å². The van der Waals surface area contributed by atoms with Crippen molar-refractivity contribution >= 4 is 34.8 Å². The number of carbonyl (C=O) groups is 2. The Morgan fingerprint density at radius 2 is 1.86 bits per heavy atom. The minimum absolute atomic E-state index is 0.0545. The van der Waals surface area contributed by atoms with Gasteiger partial charge in [0.15, 0.2) is 0 Å². The summed E-state index contributed by atoms with van der Waals surface area (Å²) in [6, 6.07) is 11.6. The molecule has 2 rings (SSSR count). The number of primary amides is 1. The van der Waals surface area contributed by atoms with Crippen LogP contribution in [0.3, 0.4) is 0 Å². The summed E-state index contributed by atoms with van der Waals surface area (Å²) in [6.45, 7) is 0. The number of nitrogens with one attached hydrogen (secondary N) is 1. The zero-order valence-corrected chi connectivity index (χ0v) is 11.9. The van der Waals surface area contributed by atoms with Gasteiger partial charge < -0.3 is 16.8 Å². The molecule has 2 amide bonds. The van der Waals surface area contributed by atoms with E-state index in [-0.39, 0.29) is 12.3 Å². The fourth-order valence-corrected chi connectivity index (χ4v) is 2.03. The molecule has 5 nitrogen and oxygen atoms in total. The lowest BCUT2D eigenvalue weighted by Crippen LogP contribution is -2.17. The van der Waals surface area contributed by atoms with Crippen molar-refractivity contribution in [2.75, 3.05) is 11.1 Å². The van der Waals surface area contributed by atoms with Gasteiger partial charge in [0.25, 0.3) is 5.91 Å². The molecule has 108 valence electrons. The van der Waals surface area contributed by atoms with Crippen LogP contribution in [0, 0.1) is 0 Å². The van der Waals surface area contributed by atoms with E-state index in [0.29, 0.717) is 27.5 Å². The zero-order chi connectivity index (χ0) is 15.4. The minimum Gasteiger partial charge on any atom is -0.398 e. The van der Waals surface area contributed by atoms with Crippen molar-refractivity contribution in [1.29, 1.82) is 0 Å². The van der Waals surface area contributed by atoms with E-state index in [0.717, 1.165) is 0 Å². The smallest absolute Gasteiger partial charge is 0.255 e. The number of carbonyl (C=O) groups excluding carboxylic acids is 2. The number of hydrogen-bond acceptors (Lipinski definition) is 3. The monoisotopic (exact) mass is 303 g/mol. The highest BCUT2D eigenvalue weighted by atomic mass is 35.5. The maximum Gasteiger partial charge on any atom is 0.255 e. The van der Waals surface area contributed by atoms with Crippen molar-refractivity contribution in [1.82, 2.24) is 0 Å². The van der Waals surface area contributed by atoms with Crippen LogP contribution in [0.25, 0.3) is 0 Å². The highest BCUT2D eigenvalue weighted by Crippen LogP contribution is 2.21. The van der Waals surface area contributed by atoms with Gasteiger partial charge in [-0.3, -0.25) is 9.59 Å². The van der Waals surface area contributed by atoms with Crippen molar-refractivity contribution in [3.05, 3.63) is 58.6 Å². The first-order valence-corrected chi connectivity index (χ1v) is 6.58. The first-order chi connectivity index (χ1) is 9.97. The Kier molecular flexibility index (Phi) is 4.45. The van der Waals surface area contributed by atoms with Gasteiger partial charge in [-0.05, 0) is 29.8 Å². The van der Waals surface area contributed by atoms with Gasteiger partial charge in [-0.15, -0.1) is 0 Å². The van der Waals surface area contributed by atoms with Crippen molar-refractivity contribution < 1.29 is 9.59 Å². The molecular weight excluding hydrogens is 290 g/mol. The predicted molar refractivity (Wildman–Crippen MR) is 83.2 cm³/mol. The Bertz CT molecular complexity index is 701. The van der Waals surface area contributed by atoms with E-state index in [4.69, 9.17) is 23.1 Å². The second-order valence-corrected chi connectivity index (χ2v) is 4.90.